The maximum Gasteiger partial charge on any atom is 0.128 e. The Hall–Kier alpha value is -5.34. The molecule has 0 radical (unpaired) electrons. The molecule has 0 unspecified atom stereocenters. The zero-order valence-electron chi connectivity index (χ0n) is 36.9. The van der Waals surface area contributed by atoms with Crippen LogP contribution in [-0.4, -0.2) is 120 Å². The second kappa shape index (κ2) is 22.5. The van der Waals surface area contributed by atoms with E-state index in [0.29, 0.717) is 18.0 Å². The number of pyridine rings is 2. The Kier molecular flexibility index (Phi) is 16.1. The molecule has 332 valence electrons. The van der Waals surface area contributed by atoms with Crippen molar-refractivity contribution in [3.63, 3.8) is 0 Å². The molecule has 4 saturated heterocycles. The van der Waals surface area contributed by atoms with Crippen LogP contribution in [0.5, 0.6) is 0 Å². The molecule has 0 saturated carbocycles. The number of hydrogen-bond donors (Lipinski definition) is 2. The first-order valence-corrected chi connectivity index (χ1v) is 22.7. The number of benzene rings is 1. The number of piperidine rings is 2. The van der Waals surface area contributed by atoms with Gasteiger partial charge in [0, 0.05) is 122 Å². The summed E-state index contributed by atoms with van der Waals surface area (Å²) in [6, 6.07) is 19.8. The first kappa shape index (κ1) is 43.7. The Labute approximate surface area is 366 Å². The number of ether oxygens (including phenoxy) is 2. The Bertz CT molecular complexity index is 2020. The van der Waals surface area contributed by atoms with Crippen molar-refractivity contribution in [1.82, 2.24) is 29.5 Å². The molecule has 2 N–H and O–H groups in total. The van der Waals surface area contributed by atoms with Crippen LogP contribution in [0.4, 0.5) is 34.4 Å². The van der Waals surface area contributed by atoms with Crippen LogP contribution >= 0.6 is 0 Å². The summed E-state index contributed by atoms with van der Waals surface area (Å²) < 4.78 is 15.0. The predicted molar refractivity (Wildman–Crippen MR) is 253 cm³/mol. The third kappa shape index (κ3) is 12.8. The fourth-order valence-electron chi connectivity index (χ4n) is 8.47. The molecular formula is C47H72N12O2. The van der Waals surface area contributed by atoms with Gasteiger partial charge in [0.1, 0.15) is 11.6 Å². The fourth-order valence-corrected chi connectivity index (χ4v) is 8.47. The van der Waals surface area contributed by atoms with Gasteiger partial charge in [-0.05, 0) is 49.3 Å². The minimum atomic E-state index is 0. The van der Waals surface area contributed by atoms with Crippen molar-refractivity contribution in [2.24, 2.45) is 5.92 Å². The van der Waals surface area contributed by atoms with Crippen molar-refractivity contribution in [2.75, 3.05) is 109 Å². The normalized spacial score (nSPS) is 19.4. The lowest BCUT2D eigenvalue weighted by atomic mass is 10.1. The van der Waals surface area contributed by atoms with Gasteiger partial charge in [-0.3, -0.25) is 9.36 Å². The molecule has 0 aliphatic carbocycles. The van der Waals surface area contributed by atoms with E-state index in [1.165, 1.54) is 41.2 Å². The summed E-state index contributed by atoms with van der Waals surface area (Å²) >= 11 is 0. The second-order valence-electron chi connectivity index (χ2n) is 16.6. The van der Waals surface area contributed by atoms with Gasteiger partial charge in [0.25, 0.3) is 0 Å². The number of morpholine rings is 2. The molecule has 0 spiro atoms. The number of aromatic nitrogens is 6. The summed E-state index contributed by atoms with van der Waals surface area (Å²) in [7, 11) is 0. The largest absolute Gasteiger partial charge is 0.378 e. The van der Waals surface area contributed by atoms with E-state index >= 15 is 0 Å². The van der Waals surface area contributed by atoms with E-state index in [0.717, 1.165) is 116 Å². The van der Waals surface area contributed by atoms with Crippen molar-refractivity contribution in [3.8, 4) is 0 Å². The van der Waals surface area contributed by atoms with Gasteiger partial charge in [-0.25, -0.2) is 9.97 Å². The zero-order chi connectivity index (χ0) is 42.2. The molecular weight excluding hydrogens is 765 g/mol. The van der Waals surface area contributed by atoms with E-state index in [1.807, 2.05) is 49.4 Å². The summed E-state index contributed by atoms with van der Waals surface area (Å²) in [5.41, 5.74) is 6.13. The average molecular weight is 837 g/mol. The van der Waals surface area contributed by atoms with Gasteiger partial charge < -0.3 is 39.7 Å². The van der Waals surface area contributed by atoms with E-state index in [1.54, 1.807) is 0 Å². The monoisotopic (exact) mass is 837 g/mol. The number of anilines is 6. The Morgan fingerprint density at radius 1 is 0.623 bits per heavy atom. The Balaban J connectivity index is 0.000000223. The van der Waals surface area contributed by atoms with Crippen molar-refractivity contribution >= 4 is 34.4 Å². The van der Waals surface area contributed by atoms with Crippen LogP contribution in [-0.2, 0) is 22.6 Å². The molecule has 0 bridgehead atoms. The molecule has 1 aromatic carbocycles. The van der Waals surface area contributed by atoms with E-state index < -0.39 is 0 Å². The van der Waals surface area contributed by atoms with Crippen LogP contribution in [0.25, 0.3) is 0 Å². The smallest absolute Gasteiger partial charge is 0.128 e. The minimum absolute atomic E-state index is 0. The van der Waals surface area contributed by atoms with E-state index in [9.17, 15) is 0 Å². The highest BCUT2D eigenvalue weighted by Gasteiger charge is 2.24. The Morgan fingerprint density at radius 2 is 1.11 bits per heavy atom. The molecule has 4 aliphatic rings. The highest BCUT2D eigenvalue weighted by Crippen LogP contribution is 2.26. The first-order valence-electron chi connectivity index (χ1n) is 22.7. The average Bonchev–Trinajstić information content (AvgIpc) is 3.99. The quantitative estimate of drug-likeness (QED) is 0.129. The van der Waals surface area contributed by atoms with Crippen LogP contribution < -0.4 is 30.2 Å². The van der Waals surface area contributed by atoms with Crippen LogP contribution in [0.2, 0.25) is 0 Å². The van der Waals surface area contributed by atoms with E-state index in [4.69, 9.17) is 9.47 Å². The van der Waals surface area contributed by atoms with Crippen LogP contribution in [0.3, 0.4) is 0 Å². The third-order valence-electron chi connectivity index (χ3n) is 11.5. The van der Waals surface area contributed by atoms with Gasteiger partial charge in [0.15, 0.2) is 0 Å². The van der Waals surface area contributed by atoms with Gasteiger partial charge in [-0.15, -0.1) is 0 Å². The number of nitrogens with one attached hydrogen (secondary N) is 2. The maximum absolute atomic E-state index is 5.48. The van der Waals surface area contributed by atoms with Gasteiger partial charge >= 0.3 is 0 Å². The summed E-state index contributed by atoms with van der Waals surface area (Å²) in [4.78, 5) is 18.7. The standard InChI is InChI=1S/C24H30N6O.C21H32N6O.C2H6.2H2/c1-2-5-20(6-3-1)17-30-19-23(16-26-30)29-10-4-7-21(18-29)27-24-15-22(8-9-25-24)28-11-13-31-14-12-28;1-17(2)14-27-16-20(13-23-27)26-7-3-4-18(15-26)24-21-12-19(5-6-22-21)25-8-10-28-11-9-25;1-2;;/h1-3,5-6,8-9,15-16,19,21H,4,7,10-14,17-18H2,(H,25,27);5-6,12-13,16-18H,3-4,7-11,14-15H2,1-2H3,(H,22,24);1-2H3;2*1H/t21-;18-;;;/m11.../s1. The number of nitrogens with zero attached hydrogens (tertiary/aromatic N) is 10. The fraction of sp³-hybridized carbons (Fsp3) is 0.532. The molecule has 2 atom stereocenters. The molecule has 14 nitrogen and oxygen atoms in total. The minimum Gasteiger partial charge on any atom is -0.378 e. The van der Waals surface area contributed by atoms with Gasteiger partial charge in [0.05, 0.1) is 56.7 Å². The zero-order valence-corrected chi connectivity index (χ0v) is 36.9. The molecule has 9 rings (SSSR count). The molecule has 61 heavy (non-hydrogen) atoms. The van der Waals surface area contributed by atoms with Crippen molar-refractivity contribution in [2.45, 2.75) is 78.6 Å². The van der Waals surface area contributed by atoms with Gasteiger partial charge in [0.2, 0.25) is 0 Å². The third-order valence-corrected chi connectivity index (χ3v) is 11.5. The van der Waals surface area contributed by atoms with Crippen molar-refractivity contribution in [1.29, 1.82) is 0 Å². The molecule has 14 heteroatoms. The first-order chi connectivity index (χ1) is 30.0. The van der Waals surface area contributed by atoms with Crippen LogP contribution in [0, 0.1) is 5.92 Å². The topological polar surface area (TPSA) is 117 Å². The number of rotatable bonds is 12. The van der Waals surface area contributed by atoms with Crippen LogP contribution in [0.15, 0.2) is 91.8 Å². The highest BCUT2D eigenvalue weighted by atomic mass is 16.5. The van der Waals surface area contributed by atoms with Crippen molar-refractivity contribution in [3.05, 3.63) is 97.3 Å². The second-order valence-corrected chi connectivity index (χ2v) is 16.6. The summed E-state index contributed by atoms with van der Waals surface area (Å²) in [5.74, 6) is 2.52. The molecule has 4 fully saturated rings. The van der Waals surface area contributed by atoms with E-state index in [2.05, 4.69) is 130 Å². The summed E-state index contributed by atoms with van der Waals surface area (Å²) in [5, 5.41) is 16.4. The summed E-state index contributed by atoms with van der Waals surface area (Å²) in [6.07, 6.45) is 16.8. The van der Waals surface area contributed by atoms with Crippen molar-refractivity contribution < 1.29 is 12.3 Å². The summed E-state index contributed by atoms with van der Waals surface area (Å²) in [6.45, 7) is 21.3. The molecule has 0 amide bonds. The van der Waals surface area contributed by atoms with Crippen LogP contribution in [0.1, 0.15) is 61.8 Å². The molecule has 4 aromatic heterocycles. The van der Waals surface area contributed by atoms with E-state index in [-0.39, 0.29) is 2.85 Å². The molecule has 5 aromatic rings. The Morgan fingerprint density at radius 3 is 1.62 bits per heavy atom. The van der Waals surface area contributed by atoms with Gasteiger partial charge in [-0.1, -0.05) is 58.0 Å². The van der Waals surface area contributed by atoms with Gasteiger partial charge in [-0.2, -0.15) is 10.2 Å². The SMILES string of the molecule is CC.CC(C)Cn1cc(N2CCC[C@@H](Nc3cc(N4CCOCC4)ccn3)C2)cn1.[HH].[HH].c1ccc(Cn2cc(N3CCC[C@@H](Nc4cc(N5CCOCC5)ccn4)C3)cn2)cc1. The number of hydrogen-bond acceptors (Lipinski definition) is 12. The lowest BCUT2D eigenvalue weighted by Gasteiger charge is -2.34. The lowest BCUT2D eigenvalue weighted by Crippen LogP contribution is -2.42. The maximum atomic E-state index is 5.48. The molecule has 4 aliphatic heterocycles. The highest BCUT2D eigenvalue weighted by molar-refractivity contribution is 5.56. The lowest BCUT2D eigenvalue weighted by molar-refractivity contribution is 0.122. The predicted octanol–water partition coefficient (Wildman–Crippen LogP) is 7.61. The molecule has 8 heterocycles.